The van der Waals surface area contributed by atoms with Crippen molar-refractivity contribution in [1.82, 2.24) is 5.32 Å². The molecule has 0 aliphatic rings. The molecule has 5 aromatic carbocycles. The molecule has 0 bridgehead atoms. The van der Waals surface area contributed by atoms with E-state index in [0.29, 0.717) is 39.8 Å². The highest BCUT2D eigenvalue weighted by molar-refractivity contribution is 8.00. The lowest BCUT2D eigenvalue weighted by molar-refractivity contribution is -0.116. The number of anilines is 2. The summed E-state index contributed by atoms with van der Waals surface area (Å²) in [7, 11) is 4.65. The average molecular weight is 674 g/mol. The Balaban J connectivity index is 1.35. The highest BCUT2D eigenvalue weighted by atomic mass is 32.2. The number of nitrogens with one attached hydrogen (secondary N) is 3. The van der Waals surface area contributed by atoms with Gasteiger partial charge in [-0.15, -0.1) is 11.8 Å². The van der Waals surface area contributed by atoms with E-state index < -0.39 is 17.1 Å². The van der Waals surface area contributed by atoms with Crippen LogP contribution in [0.3, 0.4) is 0 Å². The molecule has 0 aliphatic heterocycles. The number of amides is 3. The molecule has 0 aromatic heterocycles. The minimum Gasteiger partial charge on any atom is -0.497 e. The molecule has 1 atom stereocenters. The van der Waals surface area contributed by atoms with E-state index in [2.05, 4.69) is 16.0 Å². The van der Waals surface area contributed by atoms with Gasteiger partial charge in [-0.25, -0.2) is 0 Å². The van der Waals surface area contributed by atoms with Crippen molar-refractivity contribution in [3.8, 4) is 17.2 Å². The number of ether oxygens (including phenoxy) is 3. The monoisotopic (exact) mass is 673 g/mol. The maximum atomic E-state index is 13.7. The quantitative estimate of drug-likeness (QED) is 0.0872. The molecule has 5 rings (SSSR count). The van der Waals surface area contributed by atoms with Crippen LogP contribution in [0.1, 0.15) is 26.7 Å². The Hall–Kier alpha value is -6.00. The van der Waals surface area contributed by atoms with Crippen molar-refractivity contribution in [3.63, 3.8) is 0 Å². The second kappa shape index (κ2) is 16.7. The fraction of sp³-hybridized carbons (Fsp3) is 0.103. The first-order chi connectivity index (χ1) is 23.9. The largest absolute Gasteiger partial charge is 0.497 e. The molecule has 49 heavy (non-hydrogen) atoms. The molecule has 0 spiro atoms. The minimum atomic E-state index is -0.608. The zero-order valence-electron chi connectivity index (χ0n) is 27.1. The highest BCUT2D eigenvalue weighted by Crippen LogP contribution is 2.38. The van der Waals surface area contributed by atoms with Gasteiger partial charge in [-0.05, 0) is 77.9 Å². The SMILES string of the molecule is COc1cccc(/C=C(\NC(=O)c2ccccc2)C(=O)Nc2ccc(SC(C(=O)Nc3cc(OC)ccc3OC)c3ccccc3)cc2)c1. The lowest BCUT2D eigenvalue weighted by Gasteiger charge is -2.19. The van der Waals surface area contributed by atoms with E-state index in [4.69, 9.17) is 14.2 Å². The van der Waals surface area contributed by atoms with Crippen LogP contribution in [-0.2, 0) is 9.59 Å². The number of carbonyl (C=O) groups excluding carboxylic acids is 3. The van der Waals surface area contributed by atoms with Gasteiger partial charge in [0.25, 0.3) is 11.8 Å². The smallest absolute Gasteiger partial charge is 0.272 e. The Morgan fingerprint density at radius 3 is 2.02 bits per heavy atom. The number of carbonyl (C=O) groups is 3. The third-order valence-corrected chi connectivity index (χ3v) is 8.57. The first-order valence-electron chi connectivity index (χ1n) is 15.2. The van der Waals surface area contributed by atoms with Crippen LogP contribution in [-0.4, -0.2) is 39.1 Å². The molecule has 248 valence electrons. The molecule has 0 saturated heterocycles. The molecule has 1 unspecified atom stereocenters. The van der Waals surface area contributed by atoms with Crippen LogP contribution < -0.4 is 30.2 Å². The number of hydrogen-bond acceptors (Lipinski definition) is 7. The van der Waals surface area contributed by atoms with Crippen molar-refractivity contribution >= 4 is 46.9 Å². The van der Waals surface area contributed by atoms with Gasteiger partial charge in [0, 0.05) is 22.2 Å². The molecule has 5 aromatic rings. The van der Waals surface area contributed by atoms with Gasteiger partial charge in [-0.2, -0.15) is 0 Å². The van der Waals surface area contributed by atoms with Crippen LogP contribution in [0.2, 0.25) is 0 Å². The number of methoxy groups -OCH3 is 3. The van der Waals surface area contributed by atoms with Crippen LogP contribution >= 0.6 is 11.8 Å². The van der Waals surface area contributed by atoms with E-state index in [1.54, 1.807) is 99.2 Å². The van der Waals surface area contributed by atoms with Crippen LogP contribution in [0.4, 0.5) is 11.4 Å². The van der Waals surface area contributed by atoms with Gasteiger partial charge < -0.3 is 30.2 Å². The van der Waals surface area contributed by atoms with Crippen molar-refractivity contribution in [1.29, 1.82) is 0 Å². The van der Waals surface area contributed by atoms with Gasteiger partial charge in [0.1, 0.15) is 28.2 Å². The summed E-state index contributed by atoms with van der Waals surface area (Å²) >= 11 is 1.36. The van der Waals surface area contributed by atoms with E-state index in [9.17, 15) is 14.4 Å². The number of hydrogen-bond donors (Lipinski definition) is 3. The average Bonchev–Trinajstić information content (AvgIpc) is 3.14. The second-order valence-corrected chi connectivity index (χ2v) is 11.8. The summed E-state index contributed by atoms with van der Waals surface area (Å²) in [5.41, 5.74) is 2.93. The van der Waals surface area contributed by atoms with E-state index >= 15 is 0 Å². The Labute approximate surface area is 289 Å². The fourth-order valence-corrected chi connectivity index (χ4v) is 5.83. The summed E-state index contributed by atoms with van der Waals surface area (Å²) in [5, 5.41) is 8.00. The topological polar surface area (TPSA) is 115 Å². The van der Waals surface area contributed by atoms with E-state index in [1.807, 2.05) is 48.5 Å². The molecule has 0 aliphatic carbocycles. The predicted octanol–water partition coefficient (Wildman–Crippen LogP) is 7.59. The zero-order chi connectivity index (χ0) is 34.6. The Morgan fingerprint density at radius 1 is 0.673 bits per heavy atom. The standard InChI is InChI=1S/C39H35N3O6S/c1-46-30-16-10-11-26(23-30)24-34(42-37(43)28-14-8-5-9-15-28)38(44)40-29-17-20-32(21-18-29)49-36(27-12-6-4-7-13-27)39(45)41-33-25-31(47-2)19-22-35(33)48-3/h4-25,36H,1-3H3,(H,40,44)(H,41,45)(H,42,43)/b34-24-. The number of benzene rings is 5. The number of rotatable bonds is 13. The molecule has 3 N–H and O–H groups in total. The molecule has 0 fully saturated rings. The molecular weight excluding hydrogens is 639 g/mol. The Morgan fingerprint density at radius 2 is 1.35 bits per heavy atom. The first-order valence-corrected chi connectivity index (χ1v) is 16.1. The highest BCUT2D eigenvalue weighted by Gasteiger charge is 2.24. The summed E-state index contributed by atoms with van der Waals surface area (Å²) in [6.07, 6.45) is 1.59. The third kappa shape index (κ3) is 9.30. The third-order valence-electron chi connectivity index (χ3n) is 7.30. The molecule has 9 nitrogen and oxygen atoms in total. The normalized spacial score (nSPS) is 11.5. The maximum absolute atomic E-state index is 13.7. The van der Waals surface area contributed by atoms with Crippen molar-refractivity contribution in [2.75, 3.05) is 32.0 Å². The summed E-state index contributed by atoms with van der Waals surface area (Å²) < 4.78 is 16.1. The lowest BCUT2D eigenvalue weighted by atomic mass is 10.1. The van der Waals surface area contributed by atoms with Gasteiger partial charge in [0.2, 0.25) is 5.91 Å². The minimum absolute atomic E-state index is 0.0503. The fourth-order valence-electron chi connectivity index (χ4n) is 4.80. The molecule has 0 heterocycles. The zero-order valence-corrected chi connectivity index (χ0v) is 28.0. The van der Waals surface area contributed by atoms with Crippen molar-refractivity contribution in [2.24, 2.45) is 0 Å². The molecular formula is C39H35N3O6S. The summed E-state index contributed by atoms with van der Waals surface area (Å²) in [4.78, 5) is 41.1. The van der Waals surface area contributed by atoms with Gasteiger partial charge in [0.05, 0.1) is 27.0 Å². The second-order valence-electron chi connectivity index (χ2n) is 10.6. The van der Waals surface area contributed by atoms with Crippen LogP contribution in [0.15, 0.2) is 138 Å². The van der Waals surface area contributed by atoms with Crippen molar-refractivity contribution < 1.29 is 28.6 Å². The van der Waals surface area contributed by atoms with Crippen molar-refractivity contribution in [3.05, 3.63) is 150 Å². The Kier molecular flexibility index (Phi) is 11.7. The predicted molar refractivity (Wildman–Crippen MR) is 193 cm³/mol. The van der Waals surface area contributed by atoms with E-state index in [-0.39, 0.29) is 11.6 Å². The van der Waals surface area contributed by atoms with Crippen LogP contribution in [0.25, 0.3) is 6.08 Å². The maximum Gasteiger partial charge on any atom is 0.272 e. The molecule has 10 heteroatoms. The van der Waals surface area contributed by atoms with Gasteiger partial charge >= 0.3 is 0 Å². The van der Waals surface area contributed by atoms with Gasteiger partial charge in [-0.3, -0.25) is 14.4 Å². The summed E-state index contributed by atoms with van der Waals surface area (Å²) in [5.74, 6) is 0.516. The van der Waals surface area contributed by atoms with Crippen LogP contribution in [0.5, 0.6) is 17.2 Å². The lowest BCUT2D eigenvalue weighted by Crippen LogP contribution is -2.30. The van der Waals surface area contributed by atoms with Gasteiger partial charge in [0.15, 0.2) is 0 Å². The molecule has 0 radical (unpaired) electrons. The van der Waals surface area contributed by atoms with E-state index in [0.717, 1.165) is 10.5 Å². The van der Waals surface area contributed by atoms with Crippen molar-refractivity contribution in [2.45, 2.75) is 10.1 Å². The molecule has 0 saturated carbocycles. The van der Waals surface area contributed by atoms with Gasteiger partial charge in [-0.1, -0.05) is 60.7 Å². The van der Waals surface area contributed by atoms with E-state index in [1.165, 1.54) is 18.9 Å². The number of thioether (sulfide) groups is 1. The Bertz CT molecular complexity index is 1930. The molecule has 3 amide bonds. The first kappa shape index (κ1) is 34.3. The van der Waals surface area contributed by atoms with Crippen LogP contribution in [0, 0.1) is 0 Å². The summed E-state index contributed by atoms with van der Waals surface area (Å²) in [6.45, 7) is 0. The summed E-state index contributed by atoms with van der Waals surface area (Å²) in [6, 6.07) is 37.6.